The van der Waals surface area contributed by atoms with E-state index >= 15 is 0 Å². The summed E-state index contributed by atoms with van der Waals surface area (Å²) in [4.78, 5) is 8.47. The predicted octanol–water partition coefficient (Wildman–Crippen LogP) is 3.08. The first-order valence-electron chi connectivity index (χ1n) is 8.24. The van der Waals surface area contributed by atoms with Gasteiger partial charge in [-0.25, -0.2) is 23.4 Å². The number of fused-ring (bicyclic) bond motifs is 1. The monoisotopic (exact) mass is 367 g/mol. The van der Waals surface area contributed by atoms with E-state index in [-0.39, 0.29) is 29.7 Å². The highest BCUT2D eigenvalue weighted by atomic mass is 19.1. The Morgan fingerprint density at radius 1 is 1.15 bits per heavy atom. The fourth-order valence-electron chi connectivity index (χ4n) is 2.80. The molecule has 0 radical (unpaired) electrons. The molecule has 0 aliphatic rings. The molecule has 0 amide bonds. The molecule has 1 unspecified atom stereocenters. The molecule has 9 heteroatoms. The van der Waals surface area contributed by atoms with Crippen molar-refractivity contribution in [2.75, 3.05) is 5.73 Å². The molecule has 0 saturated carbocycles. The fraction of sp³-hybridized carbons (Fsp3) is 0.167. The number of nitrogens with zero attached hydrogens (tertiary/aromatic N) is 6. The Morgan fingerprint density at radius 2 is 1.96 bits per heavy atom. The topological polar surface area (TPSA) is 95.4 Å². The van der Waals surface area contributed by atoms with Gasteiger partial charge >= 0.3 is 0 Å². The first-order valence-corrected chi connectivity index (χ1v) is 8.24. The molecule has 3 heterocycles. The van der Waals surface area contributed by atoms with Crippen molar-refractivity contribution in [2.45, 2.75) is 19.6 Å². The van der Waals surface area contributed by atoms with Gasteiger partial charge in [0.05, 0.1) is 11.9 Å². The van der Waals surface area contributed by atoms with E-state index in [1.165, 1.54) is 13.0 Å². The highest BCUT2D eigenvalue weighted by Gasteiger charge is 2.19. The van der Waals surface area contributed by atoms with Crippen molar-refractivity contribution in [3.8, 4) is 11.5 Å². The molecular weight excluding hydrogens is 352 g/mol. The van der Waals surface area contributed by atoms with Gasteiger partial charge < -0.3 is 5.73 Å². The van der Waals surface area contributed by atoms with Gasteiger partial charge in [0, 0.05) is 11.8 Å². The minimum absolute atomic E-state index is 0.0213. The molecule has 4 rings (SSSR count). The molecule has 1 aromatic carbocycles. The first-order chi connectivity index (χ1) is 13.0. The lowest BCUT2D eigenvalue weighted by atomic mass is 10.2. The van der Waals surface area contributed by atoms with Gasteiger partial charge in [0.2, 0.25) is 5.82 Å². The third-order valence-corrected chi connectivity index (χ3v) is 4.11. The van der Waals surface area contributed by atoms with E-state index in [0.29, 0.717) is 22.3 Å². The number of nitrogens with two attached hydrogens (primary N) is 1. The molecule has 2 N–H and O–H groups in total. The Hall–Kier alpha value is -3.49. The summed E-state index contributed by atoms with van der Waals surface area (Å²) in [5.41, 5.74) is 7.19. The number of aromatic nitrogens is 6. The van der Waals surface area contributed by atoms with Crippen LogP contribution in [0.2, 0.25) is 0 Å². The third-order valence-electron chi connectivity index (χ3n) is 4.11. The molecule has 0 spiro atoms. The van der Waals surface area contributed by atoms with Crippen LogP contribution in [0, 0.1) is 5.82 Å². The van der Waals surface area contributed by atoms with Crippen molar-refractivity contribution in [1.82, 2.24) is 29.9 Å². The maximum absolute atomic E-state index is 14.0. The van der Waals surface area contributed by atoms with E-state index in [0.717, 1.165) is 0 Å². The third kappa shape index (κ3) is 3.07. The Labute approximate surface area is 152 Å². The highest BCUT2D eigenvalue weighted by Crippen LogP contribution is 2.27. The zero-order valence-electron chi connectivity index (χ0n) is 14.3. The quantitative estimate of drug-likeness (QED) is 0.595. The minimum atomic E-state index is -1.38. The first kappa shape index (κ1) is 17.0. The normalized spacial score (nSPS) is 12.4. The number of alkyl halides is 1. The smallest absolute Gasteiger partial charge is 0.204 e. The van der Waals surface area contributed by atoms with Crippen molar-refractivity contribution in [1.29, 1.82) is 0 Å². The van der Waals surface area contributed by atoms with Crippen molar-refractivity contribution in [2.24, 2.45) is 0 Å². The zero-order valence-corrected chi connectivity index (χ0v) is 14.3. The fourth-order valence-corrected chi connectivity index (χ4v) is 2.80. The van der Waals surface area contributed by atoms with Crippen molar-refractivity contribution < 1.29 is 8.78 Å². The van der Waals surface area contributed by atoms with Gasteiger partial charge in [0.15, 0.2) is 11.5 Å². The van der Waals surface area contributed by atoms with Crippen LogP contribution in [0.5, 0.6) is 0 Å². The van der Waals surface area contributed by atoms with Gasteiger partial charge in [-0.05, 0) is 25.1 Å². The van der Waals surface area contributed by atoms with E-state index in [9.17, 15) is 8.78 Å². The van der Waals surface area contributed by atoms with Crippen molar-refractivity contribution in [3.63, 3.8) is 0 Å². The van der Waals surface area contributed by atoms with Gasteiger partial charge in [0.25, 0.3) is 0 Å². The van der Waals surface area contributed by atoms with Crippen LogP contribution in [0.1, 0.15) is 24.4 Å². The summed E-state index contributed by atoms with van der Waals surface area (Å²) in [5.74, 6) is -0.222. The summed E-state index contributed by atoms with van der Waals surface area (Å²) in [6, 6.07) is 9.99. The molecule has 1 atom stereocenters. The van der Waals surface area contributed by atoms with E-state index in [1.54, 1.807) is 41.2 Å². The molecule has 0 aliphatic heterocycles. The average Bonchev–Trinajstić information content (AvgIpc) is 3.02. The van der Waals surface area contributed by atoms with Crippen LogP contribution in [0.4, 0.5) is 14.6 Å². The number of rotatable bonds is 4. The number of halogens is 2. The number of nitrogen functional groups attached to an aromatic ring is 1. The van der Waals surface area contributed by atoms with Gasteiger partial charge in [-0.3, -0.25) is 0 Å². The van der Waals surface area contributed by atoms with E-state index in [4.69, 9.17) is 5.73 Å². The van der Waals surface area contributed by atoms with Crippen LogP contribution < -0.4 is 5.73 Å². The largest absolute Gasteiger partial charge is 0.382 e. The van der Waals surface area contributed by atoms with Gasteiger partial charge in [0.1, 0.15) is 23.4 Å². The van der Waals surface area contributed by atoms with Crippen molar-refractivity contribution >= 4 is 16.9 Å². The Balaban J connectivity index is 1.83. The van der Waals surface area contributed by atoms with E-state index < -0.39 is 6.17 Å². The predicted molar refractivity (Wildman–Crippen MR) is 95.8 cm³/mol. The van der Waals surface area contributed by atoms with Crippen LogP contribution in [0.15, 0.2) is 42.6 Å². The minimum Gasteiger partial charge on any atom is -0.382 e. The zero-order chi connectivity index (χ0) is 19.0. The molecular formula is C18H15F2N7. The number of hydrogen-bond acceptors (Lipinski definition) is 6. The maximum atomic E-state index is 14.0. The molecule has 7 nitrogen and oxygen atoms in total. The maximum Gasteiger partial charge on any atom is 0.204 e. The Bertz CT molecular complexity index is 1120. The summed E-state index contributed by atoms with van der Waals surface area (Å²) in [7, 11) is 0. The molecule has 3 aromatic heterocycles. The van der Waals surface area contributed by atoms with Crippen molar-refractivity contribution in [3.05, 3.63) is 59.7 Å². The molecule has 27 heavy (non-hydrogen) atoms. The lowest BCUT2D eigenvalue weighted by Crippen LogP contribution is -2.07. The van der Waals surface area contributed by atoms with Crippen LogP contribution in [-0.2, 0) is 6.54 Å². The number of pyridine rings is 1. The second kappa shape index (κ2) is 6.67. The van der Waals surface area contributed by atoms with E-state index in [2.05, 4.69) is 25.3 Å². The SMILES string of the molecule is CC(F)c1nnc(-c2nn(Cc3ccccc3F)c3ncccc23)nc1N. The lowest BCUT2D eigenvalue weighted by molar-refractivity contribution is 0.363. The van der Waals surface area contributed by atoms with Crippen LogP contribution in [-0.4, -0.2) is 29.9 Å². The number of benzene rings is 1. The summed E-state index contributed by atoms with van der Waals surface area (Å²) in [6.45, 7) is 1.49. The van der Waals surface area contributed by atoms with E-state index in [1.807, 2.05) is 0 Å². The molecule has 0 fully saturated rings. The van der Waals surface area contributed by atoms with Crippen LogP contribution in [0.25, 0.3) is 22.6 Å². The lowest BCUT2D eigenvalue weighted by Gasteiger charge is -2.05. The standard InChI is InChI=1S/C18H15F2N7/c1-10(19)14-16(21)23-17(25-24-14)15-12-6-4-8-22-18(12)27(26-15)9-11-5-2-3-7-13(11)20/h2-8,10H,9H2,1H3,(H2,21,23,25). The Kier molecular flexibility index (Phi) is 4.19. The highest BCUT2D eigenvalue weighted by molar-refractivity contribution is 5.89. The second-order valence-corrected chi connectivity index (χ2v) is 5.99. The molecule has 0 aliphatic carbocycles. The summed E-state index contributed by atoms with van der Waals surface area (Å²) in [6.07, 6.45) is 0.239. The van der Waals surface area contributed by atoms with Gasteiger partial charge in [-0.2, -0.15) is 5.10 Å². The number of hydrogen-bond donors (Lipinski definition) is 1. The van der Waals surface area contributed by atoms with Gasteiger partial charge in [-0.1, -0.05) is 18.2 Å². The van der Waals surface area contributed by atoms with Crippen LogP contribution in [0.3, 0.4) is 0 Å². The summed E-state index contributed by atoms with van der Waals surface area (Å²) < 4.78 is 29.1. The second-order valence-electron chi connectivity index (χ2n) is 5.99. The molecule has 0 bridgehead atoms. The summed E-state index contributed by atoms with van der Waals surface area (Å²) in [5, 5.41) is 12.9. The molecule has 136 valence electrons. The number of anilines is 1. The molecule has 4 aromatic rings. The Morgan fingerprint density at radius 3 is 2.70 bits per heavy atom. The molecule has 0 saturated heterocycles. The average molecular weight is 367 g/mol. The van der Waals surface area contributed by atoms with Gasteiger partial charge in [-0.15, -0.1) is 10.2 Å². The van der Waals surface area contributed by atoms with Crippen LogP contribution >= 0.6 is 0 Å². The summed E-state index contributed by atoms with van der Waals surface area (Å²) >= 11 is 0.